The number of ether oxygens (including phenoxy) is 2. The summed E-state index contributed by atoms with van der Waals surface area (Å²) in [6.45, 7) is 0.394. The van der Waals surface area contributed by atoms with Crippen molar-refractivity contribution in [1.29, 1.82) is 0 Å². The van der Waals surface area contributed by atoms with Gasteiger partial charge in [-0.25, -0.2) is 0 Å². The van der Waals surface area contributed by atoms with Gasteiger partial charge in [0.1, 0.15) is 11.5 Å². The van der Waals surface area contributed by atoms with Gasteiger partial charge in [0.25, 0.3) is 0 Å². The molecule has 1 heterocycles. The zero-order valence-electron chi connectivity index (χ0n) is 12.6. The number of rotatable bonds is 6. The van der Waals surface area contributed by atoms with Crippen LogP contribution in [0.15, 0.2) is 48.7 Å². The van der Waals surface area contributed by atoms with E-state index in [0.717, 1.165) is 11.3 Å². The maximum atomic E-state index is 11.8. The Hall–Kier alpha value is -2.82. The molecular weight excluding hydrogens is 280 g/mol. The molecule has 0 aliphatic carbocycles. The summed E-state index contributed by atoms with van der Waals surface area (Å²) in [5, 5.41) is 2.78. The monoisotopic (exact) mass is 298 g/mol. The predicted octanol–water partition coefficient (Wildman–Crippen LogP) is 2.43. The summed E-state index contributed by atoms with van der Waals surface area (Å²) in [5.41, 5.74) is 1.64. The fraction of sp³-hybridized carbons (Fsp3) is 0.176. The molecule has 0 unspecified atom stereocenters. The van der Waals surface area contributed by atoms with Gasteiger partial charge in [-0.3, -0.25) is 9.78 Å². The fourth-order valence-corrected chi connectivity index (χ4v) is 1.84. The first-order valence-corrected chi connectivity index (χ1v) is 6.80. The average molecular weight is 298 g/mol. The molecule has 114 valence electrons. The van der Waals surface area contributed by atoms with Crippen LogP contribution in [0.4, 0.5) is 0 Å². The van der Waals surface area contributed by atoms with Crippen molar-refractivity contribution >= 4 is 12.0 Å². The van der Waals surface area contributed by atoms with Crippen LogP contribution in [0.3, 0.4) is 0 Å². The molecule has 0 fully saturated rings. The van der Waals surface area contributed by atoms with E-state index in [9.17, 15) is 4.79 Å². The van der Waals surface area contributed by atoms with Gasteiger partial charge in [0, 0.05) is 18.3 Å². The number of carbonyl (C=O) groups is 1. The Balaban J connectivity index is 1.97. The molecule has 0 bridgehead atoms. The second-order valence-corrected chi connectivity index (χ2v) is 4.52. The molecule has 1 aromatic carbocycles. The summed E-state index contributed by atoms with van der Waals surface area (Å²) >= 11 is 0. The number of hydrogen-bond acceptors (Lipinski definition) is 4. The zero-order chi connectivity index (χ0) is 15.8. The number of nitrogens with zero attached hydrogens (tertiary/aromatic N) is 1. The van der Waals surface area contributed by atoms with E-state index in [-0.39, 0.29) is 5.91 Å². The molecule has 0 saturated heterocycles. The Morgan fingerprint density at radius 3 is 2.50 bits per heavy atom. The SMILES string of the molecule is COc1cc(/C=C/C(=O)NCc2ccccn2)cc(OC)c1. The smallest absolute Gasteiger partial charge is 0.244 e. The van der Waals surface area contributed by atoms with Crippen LogP contribution < -0.4 is 14.8 Å². The topological polar surface area (TPSA) is 60.5 Å². The lowest BCUT2D eigenvalue weighted by molar-refractivity contribution is -0.116. The van der Waals surface area contributed by atoms with Crippen molar-refractivity contribution in [3.05, 3.63) is 59.9 Å². The lowest BCUT2D eigenvalue weighted by Gasteiger charge is -2.06. The number of methoxy groups -OCH3 is 2. The van der Waals surface area contributed by atoms with Gasteiger partial charge < -0.3 is 14.8 Å². The van der Waals surface area contributed by atoms with Crippen molar-refractivity contribution in [1.82, 2.24) is 10.3 Å². The first-order valence-electron chi connectivity index (χ1n) is 6.80. The molecule has 0 atom stereocenters. The summed E-state index contributed by atoms with van der Waals surface area (Å²) in [7, 11) is 3.17. The van der Waals surface area contributed by atoms with Crippen molar-refractivity contribution in [3.63, 3.8) is 0 Å². The summed E-state index contributed by atoms with van der Waals surface area (Å²) in [6.07, 6.45) is 4.87. The Kier molecular flexibility index (Phi) is 5.54. The molecule has 0 aliphatic rings. The van der Waals surface area contributed by atoms with E-state index < -0.39 is 0 Å². The third kappa shape index (κ3) is 4.63. The van der Waals surface area contributed by atoms with Crippen molar-refractivity contribution in [3.8, 4) is 11.5 Å². The minimum Gasteiger partial charge on any atom is -0.497 e. The van der Waals surface area contributed by atoms with E-state index >= 15 is 0 Å². The normalized spacial score (nSPS) is 10.5. The van der Waals surface area contributed by atoms with E-state index in [1.165, 1.54) is 6.08 Å². The number of nitrogens with one attached hydrogen (secondary N) is 1. The van der Waals surface area contributed by atoms with Crippen LogP contribution >= 0.6 is 0 Å². The van der Waals surface area contributed by atoms with Crippen molar-refractivity contribution < 1.29 is 14.3 Å². The third-order valence-corrected chi connectivity index (χ3v) is 2.97. The van der Waals surface area contributed by atoms with Crippen molar-refractivity contribution in [2.45, 2.75) is 6.54 Å². The van der Waals surface area contributed by atoms with E-state index in [2.05, 4.69) is 10.3 Å². The number of pyridine rings is 1. The zero-order valence-corrected chi connectivity index (χ0v) is 12.6. The van der Waals surface area contributed by atoms with Crippen LogP contribution in [0.25, 0.3) is 6.08 Å². The van der Waals surface area contributed by atoms with Gasteiger partial charge in [0.2, 0.25) is 5.91 Å². The first-order chi connectivity index (χ1) is 10.7. The lowest BCUT2D eigenvalue weighted by atomic mass is 10.2. The van der Waals surface area contributed by atoms with Crippen LogP contribution in [0.1, 0.15) is 11.3 Å². The van der Waals surface area contributed by atoms with Crippen molar-refractivity contribution in [2.75, 3.05) is 14.2 Å². The molecule has 5 nitrogen and oxygen atoms in total. The van der Waals surface area contributed by atoms with Gasteiger partial charge in [-0.05, 0) is 35.9 Å². The highest BCUT2D eigenvalue weighted by molar-refractivity contribution is 5.91. The molecule has 0 spiro atoms. The fourth-order valence-electron chi connectivity index (χ4n) is 1.84. The quantitative estimate of drug-likeness (QED) is 0.832. The Labute approximate surface area is 129 Å². The summed E-state index contributed by atoms with van der Waals surface area (Å²) in [5.74, 6) is 1.16. The average Bonchev–Trinajstić information content (AvgIpc) is 2.58. The third-order valence-electron chi connectivity index (χ3n) is 2.97. The maximum absolute atomic E-state index is 11.8. The second-order valence-electron chi connectivity index (χ2n) is 4.52. The van der Waals surface area contributed by atoms with Crippen LogP contribution in [0.2, 0.25) is 0 Å². The van der Waals surface area contributed by atoms with Gasteiger partial charge in [-0.15, -0.1) is 0 Å². The van der Waals surface area contributed by atoms with Gasteiger partial charge in [-0.1, -0.05) is 6.07 Å². The molecule has 0 radical (unpaired) electrons. The Bertz CT molecular complexity index is 632. The molecule has 2 rings (SSSR count). The number of carbonyl (C=O) groups excluding carboxylic acids is 1. The van der Waals surface area contributed by atoms with Crippen LogP contribution in [-0.4, -0.2) is 25.1 Å². The van der Waals surface area contributed by atoms with Crippen LogP contribution in [0, 0.1) is 0 Å². The molecule has 1 aromatic heterocycles. The van der Waals surface area contributed by atoms with E-state index in [1.807, 2.05) is 30.3 Å². The molecular formula is C17H18N2O3. The number of amides is 1. The van der Waals surface area contributed by atoms with Crippen molar-refractivity contribution in [2.24, 2.45) is 0 Å². The molecule has 0 saturated carbocycles. The Morgan fingerprint density at radius 1 is 1.18 bits per heavy atom. The van der Waals surface area contributed by atoms with Gasteiger partial charge >= 0.3 is 0 Å². The van der Waals surface area contributed by atoms with E-state index in [4.69, 9.17) is 9.47 Å². The Morgan fingerprint density at radius 2 is 1.91 bits per heavy atom. The predicted molar refractivity (Wildman–Crippen MR) is 84.7 cm³/mol. The van der Waals surface area contributed by atoms with Gasteiger partial charge in [-0.2, -0.15) is 0 Å². The first kappa shape index (κ1) is 15.6. The highest BCUT2D eigenvalue weighted by atomic mass is 16.5. The summed E-state index contributed by atoms with van der Waals surface area (Å²) in [4.78, 5) is 16.0. The molecule has 22 heavy (non-hydrogen) atoms. The summed E-state index contributed by atoms with van der Waals surface area (Å²) in [6, 6.07) is 11.0. The molecule has 2 aromatic rings. The minimum atomic E-state index is -0.188. The molecule has 1 N–H and O–H groups in total. The molecule has 1 amide bonds. The molecule has 5 heteroatoms. The minimum absolute atomic E-state index is 0.188. The lowest BCUT2D eigenvalue weighted by Crippen LogP contribution is -2.20. The largest absolute Gasteiger partial charge is 0.497 e. The van der Waals surface area contributed by atoms with Gasteiger partial charge in [0.15, 0.2) is 0 Å². The van der Waals surface area contributed by atoms with Crippen LogP contribution in [-0.2, 0) is 11.3 Å². The summed E-state index contributed by atoms with van der Waals surface area (Å²) < 4.78 is 10.4. The highest BCUT2D eigenvalue weighted by Crippen LogP contribution is 2.23. The number of hydrogen-bond donors (Lipinski definition) is 1. The van der Waals surface area contributed by atoms with Gasteiger partial charge in [0.05, 0.1) is 26.5 Å². The number of aromatic nitrogens is 1. The highest BCUT2D eigenvalue weighted by Gasteiger charge is 2.01. The maximum Gasteiger partial charge on any atom is 0.244 e. The van der Waals surface area contributed by atoms with Crippen LogP contribution in [0.5, 0.6) is 11.5 Å². The standard InChI is InChI=1S/C17H18N2O3/c1-21-15-9-13(10-16(11-15)22-2)6-7-17(20)19-12-14-5-3-4-8-18-14/h3-11H,12H2,1-2H3,(H,19,20)/b7-6+. The van der Waals surface area contributed by atoms with E-state index in [1.54, 1.807) is 32.6 Å². The van der Waals surface area contributed by atoms with E-state index in [0.29, 0.717) is 18.0 Å². The number of benzene rings is 1. The second kappa shape index (κ2) is 7.83. The molecule has 0 aliphatic heterocycles.